The summed E-state index contributed by atoms with van der Waals surface area (Å²) in [4.78, 5) is 26.7. The molecule has 1 saturated heterocycles. The summed E-state index contributed by atoms with van der Waals surface area (Å²) in [5.74, 6) is -0.430. The number of hydrogen-bond acceptors (Lipinski definition) is 3. The zero-order valence-corrected chi connectivity index (χ0v) is 13.6. The van der Waals surface area contributed by atoms with E-state index in [-0.39, 0.29) is 23.8 Å². The van der Waals surface area contributed by atoms with Gasteiger partial charge in [-0.3, -0.25) is 9.59 Å². The molecule has 0 spiro atoms. The maximum absolute atomic E-state index is 12.6. The average molecular weight is 324 g/mol. The van der Waals surface area contributed by atoms with Crippen molar-refractivity contribution in [1.29, 1.82) is 0 Å². The Labute approximate surface area is 135 Å². The van der Waals surface area contributed by atoms with E-state index in [0.29, 0.717) is 23.7 Å². The monoisotopic (exact) mass is 323 g/mol. The number of nitrogens with zero attached hydrogens (tertiary/aromatic N) is 1. The van der Waals surface area contributed by atoms with Gasteiger partial charge in [0.25, 0.3) is 5.91 Å². The Morgan fingerprint density at radius 2 is 2.05 bits per heavy atom. The van der Waals surface area contributed by atoms with Crippen LogP contribution in [0.2, 0.25) is 5.02 Å². The summed E-state index contributed by atoms with van der Waals surface area (Å²) in [6, 6.07) is 6.25. The van der Waals surface area contributed by atoms with E-state index in [4.69, 9.17) is 17.3 Å². The molecular weight excluding hydrogens is 302 g/mol. The largest absolute Gasteiger partial charge is 0.340 e. The van der Waals surface area contributed by atoms with Crippen molar-refractivity contribution in [3.63, 3.8) is 0 Å². The van der Waals surface area contributed by atoms with Gasteiger partial charge in [0.2, 0.25) is 5.91 Å². The molecule has 3 N–H and O–H groups in total. The predicted molar refractivity (Wildman–Crippen MR) is 86.7 cm³/mol. The molecule has 1 aromatic carbocycles. The summed E-state index contributed by atoms with van der Waals surface area (Å²) in [7, 11) is 0. The number of carbonyl (C=O) groups excluding carboxylic acids is 2. The van der Waals surface area contributed by atoms with Gasteiger partial charge in [0.15, 0.2) is 0 Å². The van der Waals surface area contributed by atoms with Crippen LogP contribution in [0.3, 0.4) is 0 Å². The SMILES string of the molecule is CC(C)C(NC(=O)c1ccccc1Cl)C(=O)N1CC[C@@H](N)C1. The van der Waals surface area contributed by atoms with Crippen molar-refractivity contribution in [3.8, 4) is 0 Å². The van der Waals surface area contributed by atoms with Crippen molar-refractivity contribution in [2.45, 2.75) is 32.4 Å². The number of likely N-dealkylation sites (tertiary alicyclic amines) is 1. The molecular formula is C16H22ClN3O2. The highest BCUT2D eigenvalue weighted by Crippen LogP contribution is 2.17. The second kappa shape index (κ2) is 7.11. The molecule has 1 unspecified atom stereocenters. The summed E-state index contributed by atoms with van der Waals surface area (Å²) < 4.78 is 0. The molecule has 0 aliphatic carbocycles. The lowest BCUT2D eigenvalue weighted by Crippen LogP contribution is -2.51. The normalized spacial score (nSPS) is 19.3. The molecule has 1 aliphatic heterocycles. The van der Waals surface area contributed by atoms with Crippen molar-refractivity contribution < 1.29 is 9.59 Å². The molecule has 5 nitrogen and oxygen atoms in total. The quantitative estimate of drug-likeness (QED) is 0.884. The minimum atomic E-state index is -0.575. The summed E-state index contributed by atoms with van der Waals surface area (Å²) in [5.41, 5.74) is 6.23. The van der Waals surface area contributed by atoms with Crippen molar-refractivity contribution in [2.75, 3.05) is 13.1 Å². The Morgan fingerprint density at radius 3 is 2.59 bits per heavy atom. The summed E-state index contributed by atoms with van der Waals surface area (Å²) in [5, 5.41) is 3.18. The Bertz CT molecular complexity index is 562. The maximum atomic E-state index is 12.6. The molecule has 0 bridgehead atoms. The van der Waals surface area contributed by atoms with Gasteiger partial charge in [-0.15, -0.1) is 0 Å². The van der Waals surface area contributed by atoms with Gasteiger partial charge in [0, 0.05) is 19.1 Å². The highest BCUT2D eigenvalue weighted by Gasteiger charge is 2.32. The molecule has 0 saturated carbocycles. The molecule has 0 radical (unpaired) electrons. The van der Waals surface area contributed by atoms with Crippen LogP contribution in [0, 0.1) is 5.92 Å². The van der Waals surface area contributed by atoms with Gasteiger partial charge in [-0.1, -0.05) is 37.6 Å². The number of amides is 2. The Balaban J connectivity index is 2.10. The van der Waals surface area contributed by atoms with Gasteiger partial charge in [0.1, 0.15) is 6.04 Å². The Kier molecular flexibility index (Phi) is 5.42. The zero-order valence-electron chi connectivity index (χ0n) is 12.9. The zero-order chi connectivity index (χ0) is 16.3. The van der Waals surface area contributed by atoms with Gasteiger partial charge < -0.3 is 16.0 Å². The van der Waals surface area contributed by atoms with Crippen LogP contribution in [-0.2, 0) is 4.79 Å². The fourth-order valence-corrected chi connectivity index (χ4v) is 2.78. The first-order valence-electron chi connectivity index (χ1n) is 7.50. The van der Waals surface area contributed by atoms with Gasteiger partial charge >= 0.3 is 0 Å². The van der Waals surface area contributed by atoms with Crippen LogP contribution in [0.1, 0.15) is 30.6 Å². The van der Waals surface area contributed by atoms with Crippen LogP contribution in [0.5, 0.6) is 0 Å². The molecule has 1 aliphatic rings. The van der Waals surface area contributed by atoms with E-state index < -0.39 is 6.04 Å². The number of nitrogens with two attached hydrogens (primary N) is 1. The minimum Gasteiger partial charge on any atom is -0.340 e. The fraction of sp³-hybridized carbons (Fsp3) is 0.500. The van der Waals surface area contributed by atoms with E-state index in [1.165, 1.54) is 0 Å². The lowest BCUT2D eigenvalue weighted by molar-refractivity contribution is -0.133. The first-order chi connectivity index (χ1) is 10.4. The number of halogens is 1. The lowest BCUT2D eigenvalue weighted by atomic mass is 10.0. The topological polar surface area (TPSA) is 75.4 Å². The number of benzene rings is 1. The predicted octanol–water partition coefficient (Wildman–Crippen LogP) is 1.65. The number of carbonyl (C=O) groups is 2. The van der Waals surface area contributed by atoms with Crippen molar-refractivity contribution in [1.82, 2.24) is 10.2 Å². The van der Waals surface area contributed by atoms with Gasteiger partial charge in [-0.2, -0.15) is 0 Å². The summed E-state index contributed by atoms with van der Waals surface area (Å²) >= 11 is 6.04. The van der Waals surface area contributed by atoms with E-state index in [1.54, 1.807) is 29.2 Å². The molecule has 2 amide bonds. The standard InChI is InChI=1S/C16H22ClN3O2/c1-10(2)14(16(22)20-8-7-11(18)9-20)19-15(21)12-5-3-4-6-13(12)17/h3-6,10-11,14H,7-9,18H2,1-2H3,(H,19,21)/t11-,14?/m1/s1. The van der Waals surface area contributed by atoms with E-state index in [0.717, 1.165) is 6.42 Å². The smallest absolute Gasteiger partial charge is 0.253 e. The van der Waals surface area contributed by atoms with E-state index >= 15 is 0 Å². The van der Waals surface area contributed by atoms with Crippen molar-refractivity contribution >= 4 is 23.4 Å². The lowest BCUT2D eigenvalue weighted by Gasteiger charge is -2.27. The molecule has 0 aromatic heterocycles. The van der Waals surface area contributed by atoms with Crippen LogP contribution in [0.4, 0.5) is 0 Å². The molecule has 1 heterocycles. The summed E-state index contributed by atoms with van der Waals surface area (Å²) in [6.45, 7) is 5.01. The molecule has 1 fully saturated rings. The van der Waals surface area contributed by atoms with Crippen LogP contribution in [0.25, 0.3) is 0 Å². The second-order valence-electron chi connectivity index (χ2n) is 6.01. The van der Waals surface area contributed by atoms with Crippen LogP contribution in [0.15, 0.2) is 24.3 Å². The Hall–Kier alpha value is -1.59. The summed E-state index contributed by atoms with van der Waals surface area (Å²) in [6.07, 6.45) is 0.801. The fourth-order valence-electron chi connectivity index (χ4n) is 2.56. The van der Waals surface area contributed by atoms with Gasteiger partial charge in [-0.05, 0) is 24.5 Å². The third kappa shape index (κ3) is 3.78. The molecule has 120 valence electrons. The second-order valence-corrected chi connectivity index (χ2v) is 6.42. The average Bonchev–Trinajstić information content (AvgIpc) is 2.90. The molecule has 2 rings (SSSR count). The maximum Gasteiger partial charge on any atom is 0.253 e. The van der Waals surface area contributed by atoms with Crippen LogP contribution in [-0.4, -0.2) is 41.9 Å². The first kappa shape index (κ1) is 16.8. The molecule has 6 heteroatoms. The minimum absolute atomic E-state index is 0.0178. The highest BCUT2D eigenvalue weighted by atomic mass is 35.5. The van der Waals surface area contributed by atoms with Crippen molar-refractivity contribution in [2.24, 2.45) is 11.7 Å². The van der Waals surface area contributed by atoms with Crippen molar-refractivity contribution in [3.05, 3.63) is 34.9 Å². The van der Waals surface area contributed by atoms with E-state index in [1.807, 2.05) is 13.8 Å². The molecule has 2 atom stereocenters. The van der Waals surface area contributed by atoms with Crippen LogP contribution < -0.4 is 11.1 Å². The van der Waals surface area contributed by atoms with E-state index in [9.17, 15) is 9.59 Å². The highest BCUT2D eigenvalue weighted by molar-refractivity contribution is 6.33. The van der Waals surface area contributed by atoms with Gasteiger partial charge in [-0.25, -0.2) is 0 Å². The van der Waals surface area contributed by atoms with Gasteiger partial charge in [0.05, 0.1) is 10.6 Å². The number of hydrogen-bond donors (Lipinski definition) is 2. The van der Waals surface area contributed by atoms with E-state index in [2.05, 4.69) is 5.32 Å². The third-order valence-electron chi connectivity index (χ3n) is 3.87. The Morgan fingerprint density at radius 1 is 1.36 bits per heavy atom. The number of rotatable bonds is 4. The van der Waals surface area contributed by atoms with Crippen LogP contribution >= 0.6 is 11.6 Å². The molecule has 22 heavy (non-hydrogen) atoms. The third-order valence-corrected chi connectivity index (χ3v) is 4.20. The molecule has 1 aromatic rings. The first-order valence-corrected chi connectivity index (χ1v) is 7.87. The number of nitrogens with one attached hydrogen (secondary N) is 1.